The number of hydrogen-bond acceptors (Lipinski definition) is 3. The number of hydrogen-bond donors (Lipinski definition) is 3. The van der Waals surface area contributed by atoms with E-state index in [-0.39, 0.29) is 11.1 Å². The second-order valence-electron chi connectivity index (χ2n) is 3.54. The number of carboxylic acid groups (broad SMARTS) is 2. The molecule has 0 bridgehead atoms. The molecule has 0 heterocycles. The third-order valence-electron chi connectivity index (χ3n) is 2.42. The van der Waals surface area contributed by atoms with Gasteiger partial charge in [0, 0.05) is 4.90 Å². The molecular formula is C12H8O4S. The fourth-order valence-corrected chi connectivity index (χ4v) is 1.95. The third-order valence-corrected chi connectivity index (χ3v) is 2.79. The van der Waals surface area contributed by atoms with E-state index in [2.05, 4.69) is 12.6 Å². The molecule has 0 aliphatic carbocycles. The summed E-state index contributed by atoms with van der Waals surface area (Å²) in [5.74, 6) is -2.11. The first-order chi connectivity index (χ1) is 7.99. The molecule has 0 radical (unpaired) electrons. The first kappa shape index (κ1) is 11.5. The smallest absolute Gasteiger partial charge is 0.335 e. The Morgan fingerprint density at radius 3 is 2.12 bits per heavy atom. The number of fused-ring (bicyclic) bond motifs is 1. The first-order valence-corrected chi connectivity index (χ1v) is 5.17. The van der Waals surface area contributed by atoms with E-state index in [1.807, 2.05) is 0 Å². The van der Waals surface area contributed by atoms with E-state index in [1.54, 1.807) is 6.07 Å². The summed E-state index contributed by atoms with van der Waals surface area (Å²) in [6, 6.07) is 7.39. The molecule has 17 heavy (non-hydrogen) atoms. The fraction of sp³-hybridized carbons (Fsp3) is 0. The van der Waals surface area contributed by atoms with Crippen molar-refractivity contribution in [1.82, 2.24) is 0 Å². The molecule has 0 saturated carbocycles. The minimum Gasteiger partial charge on any atom is -0.478 e. The molecular weight excluding hydrogens is 240 g/mol. The van der Waals surface area contributed by atoms with Crippen LogP contribution in [0.2, 0.25) is 0 Å². The van der Waals surface area contributed by atoms with Gasteiger partial charge in [-0.15, -0.1) is 12.6 Å². The largest absolute Gasteiger partial charge is 0.478 e. The highest BCUT2D eigenvalue weighted by molar-refractivity contribution is 7.80. The van der Waals surface area contributed by atoms with Crippen LogP contribution in [0.15, 0.2) is 35.2 Å². The van der Waals surface area contributed by atoms with Gasteiger partial charge in [0.25, 0.3) is 0 Å². The fourth-order valence-electron chi connectivity index (χ4n) is 1.61. The molecule has 5 heteroatoms. The molecule has 0 unspecified atom stereocenters. The molecule has 0 fully saturated rings. The average molecular weight is 248 g/mol. The zero-order valence-electron chi connectivity index (χ0n) is 8.54. The van der Waals surface area contributed by atoms with Crippen molar-refractivity contribution in [1.29, 1.82) is 0 Å². The van der Waals surface area contributed by atoms with Gasteiger partial charge in [-0.25, -0.2) is 9.59 Å². The number of thiol groups is 1. The molecule has 0 spiro atoms. The standard InChI is InChI=1S/C12H8O4S/c13-11(14)6-1-2-9-7(3-6)4-8(12(15)16)5-10(9)17/h1-5,17H,(H,13,14)(H,15,16). The summed E-state index contributed by atoms with van der Waals surface area (Å²) in [6.07, 6.45) is 0. The lowest BCUT2D eigenvalue weighted by molar-refractivity contribution is 0.0686. The maximum Gasteiger partial charge on any atom is 0.335 e. The molecule has 4 nitrogen and oxygen atoms in total. The maximum atomic E-state index is 10.9. The lowest BCUT2D eigenvalue weighted by Gasteiger charge is -2.05. The van der Waals surface area contributed by atoms with Crippen molar-refractivity contribution < 1.29 is 19.8 Å². The Kier molecular flexibility index (Phi) is 2.77. The summed E-state index contributed by atoms with van der Waals surface area (Å²) < 4.78 is 0. The van der Waals surface area contributed by atoms with E-state index in [0.29, 0.717) is 10.3 Å². The van der Waals surface area contributed by atoms with E-state index in [9.17, 15) is 9.59 Å². The molecule has 2 aromatic carbocycles. The van der Waals surface area contributed by atoms with Crippen LogP contribution in [-0.2, 0) is 0 Å². The lowest BCUT2D eigenvalue weighted by atomic mass is 10.0. The van der Waals surface area contributed by atoms with Crippen LogP contribution >= 0.6 is 12.6 Å². The Labute approximate surface area is 102 Å². The van der Waals surface area contributed by atoms with Gasteiger partial charge in [-0.3, -0.25) is 0 Å². The number of carbonyl (C=O) groups is 2. The van der Waals surface area contributed by atoms with Gasteiger partial charge in [-0.2, -0.15) is 0 Å². The van der Waals surface area contributed by atoms with Crippen molar-refractivity contribution in [3.05, 3.63) is 41.5 Å². The molecule has 0 amide bonds. The predicted molar refractivity (Wildman–Crippen MR) is 65.1 cm³/mol. The molecule has 0 saturated heterocycles. The molecule has 0 aromatic heterocycles. The molecule has 0 atom stereocenters. The van der Waals surface area contributed by atoms with Crippen molar-refractivity contribution in [3.63, 3.8) is 0 Å². The van der Waals surface area contributed by atoms with Crippen molar-refractivity contribution in [3.8, 4) is 0 Å². The number of carboxylic acids is 2. The summed E-state index contributed by atoms with van der Waals surface area (Å²) in [5.41, 5.74) is 0.206. The van der Waals surface area contributed by atoms with Crippen LogP contribution in [0.3, 0.4) is 0 Å². The summed E-state index contributed by atoms with van der Waals surface area (Å²) in [7, 11) is 0. The van der Waals surface area contributed by atoms with Crippen molar-refractivity contribution in [2.24, 2.45) is 0 Å². The monoisotopic (exact) mass is 248 g/mol. The lowest BCUT2D eigenvalue weighted by Crippen LogP contribution is -1.98. The minimum atomic E-state index is -1.07. The quantitative estimate of drug-likeness (QED) is 0.714. The highest BCUT2D eigenvalue weighted by Gasteiger charge is 2.09. The predicted octanol–water partition coefficient (Wildman–Crippen LogP) is 2.52. The Hall–Kier alpha value is -2.01. The normalized spacial score (nSPS) is 10.4. The number of rotatable bonds is 2. The summed E-state index contributed by atoms with van der Waals surface area (Å²) in [4.78, 5) is 22.2. The molecule has 2 N–H and O–H groups in total. The average Bonchev–Trinajstić information content (AvgIpc) is 2.27. The number of benzene rings is 2. The van der Waals surface area contributed by atoms with E-state index < -0.39 is 11.9 Å². The highest BCUT2D eigenvalue weighted by atomic mass is 32.1. The van der Waals surface area contributed by atoms with E-state index >= 15 is 0 Å². The van der Waals surface area contributed by atoms with Crippen LogP contribution in [0.4, 0.5) is 0 Å². The van der Waals surface area contributed by atoms with E-state index in [1.165, 1.54) is 24.3 Å². The molecule has 2 aromatic rings. The first-order valence-electron chi connectivity index (χ1n) is 4.72. The van der Waals surface area contributed by atoms with Crippen LogP contribution in [0.25, 0.3) is 10.8 Å². The summed E-state index contributed by atoms with van der Waals surface area (Å²) in [5, 5.41) is 19.0. The topological polar surface area (TPSA) is 74.6 Å². The van der Waals surface area contributed by atoms with Crippen molar-refractivity contribution in [2.75, 3.05) is 0 Å². The second-order valence-corrected chi connectivity index (χ2v) is 4.02. The van der Waals surface area contributed by atoms with Crippen LogP contribution < -0.4 is 0 Å². The van der Waals surface area contributed by atoms with Crippen LogP contribution in [0.5, 0.6) is 0 Å². The van der Waals surface area contributed by atoms with Gasteiger partial charge in [0.15, 0.2) is 0 Å². The maximum absolute atomic E-state index is 10.9. The molecule has 0 aliphatic heterocycles. The van der Waals surface area contributed by atoms with Gasteiger partial charge in [-0.05, 0) is 35.0 Å². The van der Waals surface area contributed by atoms with Gasteiger partial charge in [0.05, 0.1) is 11.1 Å². The Balaban J connectivity index is 2.74. The summed E-state index contributed by atoms with van der Waals surface area (Å²) in [6.45, 7) is 0. The SMILES string of the molecule is O=C(O)c1ccc2c(S)cc(C(=O)O)cc2c1. The van der Waals surface area contributed by atoms with Gasteiger partial charge >= 0.3 is 11.9 Å². The van der Waals surface area contributed by atoms with E-state index in [0.717, 1.165) is 5.39 Å². The molecule has 2 rings (SSSR count). The van der Waals surface area contributed by atoms with E-state index in [4.69, 9.17) is 10.2 Å². The van der Waals surface area contributed by atoms with Gasteiger partial charge in [0.2, 0.25) is 0 Å². The summed E-state index contributed by atoms with van der Waals surface area (Å²) >= 11 is 4.19. The van der Waals surface area contributed by atoms with Gasteiger partial charge < -0.3 is 10.2 Å². The van der Waals surface area contributed by atoms with Crippen LogP contribution in [-0.4, -0.2) is 22.2 Å². The zero-order chi connectivity index (χ0) is 12.6. The minimum absolute atomic E-state index is 0.0880. The van der Waals surface area contributed by atoms with Crippen molar-refractivity contribution in [2.45, 2.75) is 4.90 Å². The Morgan fingerprint density at radius 2 is 1.53 bits per heavy atom. The van der Waals surface area contributed by atoms with Crippen LogP contribution in [0, 0.1) is 0 Å². The Morgan fingerprint density at radius 1 is 0.941 bits per heavy atom. The zero-order valence-corrected chi connectivity index (χ0v) is 9.44. The Bertz CT molecular complexity index is 628. The van der Waals surface area contributed by atoms with Crippen molar-refractivity contribution >= 4 is 35.3 Å². The number of aromatic carboxylic acids is 2. The molecule has 0 aliphatic rings. The van der Waals surface area contributed by atoms with Gasteiger partial charge in [-0.1, -0.05) is 6.07 Å². The third kappa shape index (κ3) is 2.09. The highest BCUT2D eigenvalue weighted by Crippen LogP contribution is 2.25. The molecule has 86 valence electrons. The van der Waals surface area contributed by atoms with Gasteiger partial charge in [0.1, 0.15) is 0 Å². The van der Waals surface area contributed by atoms with Crippen LogP contribution in [0.1, 0.15) is 20.7 Å². The second kappa shape index (κ2) is 4.10.